The lowest BCUT2D eigenvalue weighted by Gasteiger charge is -2.43. The molecule has 0 aromatic carbocycles. The van der Waals surface area contributed by atoms with Crippen molar-refractivity contribution in [2.75, 3.05) is 17.6 Å². The minimum absolute atomic E-state index is 0.00830. The van der Waals surface area contributed by atoms with E-state index in [1.165, 1.54) is 0 Å². The number of halogens is 1. The van der Waals surface area contributed by atoms with Gasteiger partial charge in [0.1, 0.15) is 5.60 Å². The Morgan fingerprint density at radius 3 is 2.62 bits per heavy atom. The van der Waals surface area contributed by atoms with Crippen molar-refractivity contribution in [1.82, 2.24) is 4.90 Å². The van der Waals surface area contributed by atoms with Crippen molar-refractivity contribution >= 4 is 28.7 Å². The summed E-state index contributed by atoms with van der Waals surface area (Å²) in [7, 11) is 0. The van der Waals surface area contributed by atoms with Crippen LogP contribution in [0, 0.1) is 5.41 Å². The SMILES string of the molecule is C[C@@H]1C[C@@]2(CCN1C(=O)OC(C)(C)C)COC(C)(CI)C2. The zero-order valence-corrected chi connectivity index (χ0v) is 16.0. The molecule has 0 radical (unpaired) electrons. The molecule has 0 N–H and O–H groups in total. The molecular formula is C16H28INO3. The van der Waals surface area contributed by atoms with Crippen LogP contribution < -0.4 is 0 Å². The summed E-state index contributed by atoms with van der Waals surface area (Å²) in [5.41, 5.74) is -0.172. The molecule has 2 aliphatic heterocycles. The number of rotatable bonds is 1. The van der Waals surface area contributed by atoms with Crippen LogP contribution in [0.15, 0.2) is 0 Å². The Morgan fingerprint density at radius 2 is 2.14 bits per heavy atom. The number of alkyl halides is 1. The van der Waals surface area contributed by atoms with Gasteiger partial charge in [0.25, 0.3) is 0 Å². The number of ether oxygens (including phenoxy) is 2. The second-order valence-corrected chi connectivity index (χ2v) is 8.79. The van der Waals surface area contributed by atoms with Crippen LogP contribution in [0.3, 0.4) is 0 Å². The molecule has 2 saturated heterocycles. The molecule has 0 aromatic heterocycles. The summed E-state index contributed by atoms with van der Waals surface area (Å²) in [5, 5.41) is 0. The molecule has 1 spiro atoms. The lowest BCUT2D eigenvalue weighted by molar-refractivity contribution is -0.00933. The van der Waals surface area contributed by atoms with E-state index in [1.54, 1.807) is 0 Å². The minimum atomic E-state index is -0.428. The quantitative estimate of drug-likeness (QED) is 0.485. The van der Waals surface area contributed by atoms with Crippen LogP contribution >= 0.6 is 22.6 Å². The number of likely N-dealkylation sites (tertiary alicyclic amines) is 1. The fourth-order valence-electron chi connectivity index (χ4n) is 3.61. The largest absolute Gasteiger partial charge is 0.444 e. The smallest absolute Gasteiger partial charge is 0.410 e. The van der Waals surface area contributed by atoms with Crippen LogP contribution in [0.2, 0.25) is 0 Å². The fraction of sp³-hybridized carbons (Fsp3) is 0.938. The van der Waals surface area contributed by atoms with Gasteiger partial charge >= 0.3 is 6.09 Å². The Morgan fingerprint density at radius 1 is 1.48 bits per heavy atom. The van der Waals surface area contributed by atoms with Crippen molar-refractivity contribution in [3.05, 3.63) is 0 Å². The first-order valence-corrected chi connectivity index (χ1v) is 9.30. The van der Waals surface area contributed by atoms with Crippen LogP contribution in [0.1, 0.15) is 53.9 Å². The monoisotopic (exact) mass is 409 g/mol. The van der Waals surface area contributed by atoms with Gasteiger partial charge in [0, 0.05) is 22.4 Å². The zero-order chi connectivity index (χ0) is 15.9. The zero-order valence-electron chi connectivity index (χ0n) is 13.9. The molecular weight excluding hydrogens is 381 g/mol. The number of hydrogen-bond acceptors (Lipinski definition) is 3. The van der Waals surface area contributed by atoms with E-state index in [4.69, 9.17) is 9.47 Å². The molecule has 0 saturated carbocycles. The fourth-order valence-corrected chi connectivity index (χ4v) is 4.10. The van der Waals surface area contributed by atoms with Crippen molar-refractivity contribution in [2.24, 2.45) is 5.41 Å². The number of carbonyl (C=O) groups excluding carboxylic acids is 1. The summed E-state index contributed by atoms with van der Waals surface area (Å²) in [6.07, 6.45) is 2.96. The highest BCUT2D eigenvalue weighted by Crippen LogP contribution is 2.48. The number of carbonyl (C=O) groups is 1. The first kappa shape index (κ1) is 17.3. The lowest BCUT2D eigenvalue weighted by atomic mass is 9.72. The molecule has 0 bridgehead atoms. The first-order chi connectivity index (χ1) is 9.58. The molecule has 1 amide bonds. The van der Waals surface area contributed by atoms with Crippen molar-refractivity contribution in [3.8, 4) is 0 Å². The summed E-state index contributed by atoms with van der Waals surface area (Å²) >= 11 is 2.41. The minimum Gasteiger partial charge on any atom is -0.444 e. The normalized spacial score (nSPS) is 37.0. The average molecular weight is 409 g/mol. The molecule has 2 heterocycles. The van der Waals surface area contributed by atoms with E-state index >= 15 is 0 Å². The van der Waals surface area contributed by atoms with Crippen molar-refractivity contribution in [3.63, 3.8) is 0 Å². The summed E-state index contributed by atoms with van der Waals surface area (Å²) in [4.78, 5) is 14.2. The molecule has 2 fully saturated rings. The van der Waals surface area contributed by atoms with E-state index in [-0.39, 0.29) is 23.2 Å². The molecule has 4 nitrogen and oxygen atoms in total. The number of nitrogens with zero attached hydrogens (tertiary/aromatic N) is 1. The van der Waals surface area contributed by atoms with Crippen LogP contribution in [-0.4, -0.2) is 45.8 Å². The molecule has 0 aromatic rings. The molecule has 5 heteroatoms. The van der Waals surface area contributed by atoms with Gasteiger partial charge in [-0.05, 0) is 53.9 Å². The van der Waals surface area contributed by atoms with E-state index in [0.29, 0.717) is 0 Å². The topological polar surface area (TPSA) is 38.8 Å². The Bertz CT molecular complexity index is 409. The third-order valence-corrected chi connectivity index (χ3v) is 6.14. The van der Waals surface area contributed by atoms with E-state index in [9.17, 15) is 4.79 Å². The van der Waals surface area contributed by atoms with Gasteiger partial charge in [-0.25, -0.2) is 4.79 Å². The molecule has 2 aliphatic rings. The van der Waals surface area contributed by atoms with E-state index in [0.717, 1.165) is 36.8 Å². The van der Waals surface area contributed by atoms with E-state index in [1.807, 2.05) is 25.7 Å². The van der Waals surface area contributed by atoms with Gasteiger partial charge in [-0.1, -0.05) is 22.6 Å². The van der Waals surface area contributed by atoms with Gasteiger partial charge in [-0.2, -0.15) is 0 Å². The van der Waals surface area contributed by atoms with Gasteiger partial charge in [-0.3, -0.25) is 0 Å². The van der Waals surface area contributed by atoms with Gasteiger partial charge < -0.3 is 14.4 Å². The summed E-state index contributed by atoms with van der Waals surface area (Å²) < 4.78 is 12.6. The first-order valence-electron chi connectivity index (χ1n) is 7.78. The third-order valence-electron chi connectivity index (χ3n) is 4.53. The van der Waals surface area contributed by atoms with Crippen molar-refractivity contribution in [1.29, 1.82) is 0 Å². The van der Waals surface area contributed by atoms with Crippen LogP contribution in [0.5, 0.6) is 0 Å². The maximum absolute atomic E-state index is 12.3. The second kappa shape index (κ2) is 5.87. The van der Waals surface area contributed by atoms with Crippen LogP contribution in [0.25, 0.3) is 0 Å². The highest BCUT2D eigenvalue weighted by molar-refractivity contribution is 14.1. The summed E-state index contributed by atoms with van der Waals surface area (Å²) in [6, 6.07) is 0.216. The highest BCUT2D eigenvalue weighted by atomic mass is 127. The molecule has 122 valence electrons. The average Bonchev–Trinajstić information content (AvgIpc) is 2.65. The number of piperidine rings is 1. The van der Waals surface area contributed by atoms with Gasteiger partial charge in [0.15, 0.2) is 0 Å². The van der Waals surface area contributed by atoms with E-state index in [2.05, 4.69) is 36.4 Å². The lowest BCUT2D eigenvalue weighted by Crippen LogP contribution is -2.50. The third kappa shape index (κ3) is 4.03. The maximum Gasteiger partial charge on any atom is 0.410 e. The maximum atomic E-state index is 12.3. The molecule has 0 aliphatic carbocycles. The Balaban J connectivity index is 1.98. The molecule has 2 rings (SSSR count). The van der Waals surface area contributed by atoms with Gasteiger partial charge in [0.05, 0.1) is 12.2 Å². The Hall–Kier alpha value is -0.0400. The molecule has 21 heavy (non-hydrogen) atoms. The summed E-state index contributed by atoms with van der Waals surface area (Å²) in [6.45, 7) is 11.7. The van der Waals surface area contributed by atoms with Gasteiger partial charge in [-0.15, -0.1) is 0 Å². The highest BCUT2D eigenvalue weighted by Gasteiger charge is 2.50. The van der Waals surface area contributed by atoms with Crippen LogP contribution in [-0.2, 0) is 9.47 Å². The number of hydrogen-bond donors (Lipinski definition) is 0. The molecule has 1 unspecified atom stereocenters. The van der Waals surface area contributed by atoms with E-state index < -0.39 is 5.60 Å². The van der Waals surface area contributed by atoms with Crippen molar-refractivity contribution < 1.29 is 14.3 Å². The van der Waals surface area contributed by atoms with Crippen molar-refractivity contribution in [2.45, 2.75) is 71.1 Å². The Kier molecular flexibility index (Phi) is 4.84. The predicted molar refractivity (Wildman–Crippen MR) is 91.9 cm³/mol. The summed E-state index contributed by atoms with van der Waals surface area (Å²) in [5.74, 6) is 0. The van der Waals surface area contributed by atoms with Gasteiger partial charge in [0.2, 0.25) is 0 Å². The predicted octanol–water partition coefficient (Wildman–Crippen LogP) is 4.01. The van der Waals surface area contributed by atoms with Crippen LogP contribution in [0.4, 0.5) is 4.79 Å². The second-order valence-electron chi connectivity index (χ2n) is 8.03. The number of amides is 1. The molecule has 3 atom stereocenters. The standard InChI is InChI=1S/C16H28INO3/c1-12-8-16(9-15(5,10-17)20-11-16)6-7-18(12)13(19)21-14(2,3)4/h12H,6-11H2,1-5H3/t12-,15?,16-/m1/s1. The Labute approximate surface area is 142 Å².